The molecule has 3 nitrogen and oxygen atoms in total. The van der Waals surface area contributed by atoms with Crippen molar-refractivity contribution >= 4 is 0 Å². The standard InChI is InChI=1S/C14H25N3/c1-4-12-10-16-9-8-13(12)14(17-15)7-5-6-11(2)3/h8-11,14,17H,4-7,15H2,1-3H3. The Labute approximate surface area is 105 Å². The predicted octanol–water partition coefficient (Wildman–Crippen LogP) is 2.97. The van der Waals surface area contributed by atoms with Gasteiger partial charge in [-0.05, 0) is 36.0 Å². The van der Waals surface area contributed by atoms with E-state index in [0.717, 1.165) is 18.8 Å². The molecule has 0 saturated heterocycles. The first-order valence-electron chi connectivity index (χ1n) is 6.57. The SMILES string of the molecule is CCc1cnccc1C(CCCC(C)C)NN. The maximum absolute atomic E-state index is 5.67. The number of hydrazine groups is 1. The van der Waals surface area contributed by atoms with Gasteiger partial charge < -0.3 is 0 Å². The highest BCUT2D eigenvalue weighted by Crippen LogP contribution is 2.23. The van der Waals surface area contributed by atoms with Crippen molar-refractivity contribution in [3.8, 4) is 0 Å². The number of hydrogen-bond donors (Lipinski definition) is 2. The van der Waals surface area contributed by atoms with E-state index >= 15 is 0 Å². The summed E-state index contributed by atoms with van der Waals surface area (Å²) in [5.41, 5.74) is 5.53. The molecule has 1 rings (SSSR count). The van der Waals surface area contributed by atoms with Gasteiger partial charge in [-0.1, -0.05) is 33.6 Å². The summed E-state index contributed by atoms with van der Waals surface area (Å²) in [6.07, 6.45) is 8.35. The van der Waals surface area contributed by atoms with Crippen LogP contribution in [0.15, 0.2) is 18.5 Å². The summed E-state index contributed by atoms with van der Waals surface area (Å²) in [6.45, 7) is 6.67. The van der Waals surface area contributed by atoms with Crippen molar-refractivity contribution in [2.45, 2.75) is 52.5 Å². The lowest BCUT2D eigenvalue weighted by molar-refractivity contribution is 0.453. The number of nitrogens with two attached hydrogens (primary N) is 1. The third kappa shape index (κ3) is 4.44. The van der Waals surface area contributed by atoms with Gasteiger partial charge in [-0.15, -0.1) is 0 Å². The average molecular weight is 235 g/mol. The second-order valence-corrected chi connectivity index (χ2v) is 4.97. The lowest BCUT2D eigenvalue weighted by Gasteiger charge is -2.19. The van der Waals surface area contributed by atoms with E-state index in [0.29, 0.717) is 0 Å². The van der Waals surface area contributed by atoms with Crippen molar-refractivity contribution in [2.75, 3.05) is 0 Å². The highest BCUT2D eigenvalue weighted by atomic mass is 15.2. The van der Waals surface area contributed by atoms with Crippen LogP contribution < -0.4 is 11.3 Å². The average Bonchev–Trinajstić information content (AvgIpc) is 2.34. The van der Waals surface area contributed by atoms with E-state index < -0.39 is 0 Å². The molecule has 0 amide bonds. The van der Waals surface area contributed by atoms with Crippen molar-refractivity contribution < 1.29 is 0 Å². The van der Waals surface area contributed by atoms with Crippen LogP contribution in [0.25, 0.3) is 0 Å². The highest BCUT2D eigenvalue weighted by molar-refractivity contribution is 5.26. The summed E-state index contributed by atoms with van der Waals surface area (Å²) >= 11 is 0. The Morgan fingerprint density at radius 3 is 2.71 bits per heavy atom. The first-order chi connectivity index (χ1) is 8.19. The Kier molecular flexibility index (Phi) is 6.16. The topological polar surface area (TPSA) is 50.9 Å². The van der Waals surface area contributed by atoms with Crippen molar-refractivity contribution in [2.24, 2.45) is 11.8 Å². The summed E-state index contributed by atoms with van der Waals surface area (Å²) in [5.74, 6) is 6.44. The maximum Gasteiger partial charge on any atom is 0.0463 e. The first kappa shape index (κ1) is 14.1. The van der Waals surface area contributed by atoms with Crippen LogP contribution in [0.4, 0.5) is 0 Å². The maximum atomic E-state index is 5.67. The zero-order valence-corrected chi connectivity index (χ0v) is 11.2. The molecule has 1 aromatic heterocycles. The minimum absolute atomic E-state index is 0.256. The molecule has 96 valence electrons. The zero-order chi connectivity index (χ0) is 12.7. The molecule has 0 bridgehead atoms. The van der Waals surface area contributed by atoms with Gasteiger partial charge in [0, 0.05) is 18.4 Å². The molecule has 0 aromatic carbocycles. The molecule has 17 heavy (non-hydrogen) atoms. The van der Waals surface area contributed by atoms with Crippen LogP contribution >= 0.6 is 0 Å². The van der Waals surface area contributed by atoms with Gasteiger partial charge in [0.1, 0.15) is 0 Å². The fourth-order valence-corrected chi connectivity index (χ4v) is 2.13. The van der Waals surface area contributed by atoms with E-state index in [1.54, 1.807) is 0 Å². The van der Waals surface area contributed by atoms with Gasteiger partial charge in [-0.25, -0.2) is 0 Å². The Morgan fingerprint density at radius 2 is 2.12 bits per heavy atom. The van der Waals surface area contributed by atoms with Crippen LogP contribution in [0.1, 0.15) is 57.2 Å². The minimum atomic E-state index is 0.256. The van der Waals surface area contributed by atoms with Gasteiger partial charge in [0.25, 0.3) is 0 Å². The van der Waals surface area contributed by atoms with E-state index in [4.69, 9.17) is 5.84 Å². The molecule has 1 unspecified atom stereocenters. The molecular weight excluding hydrogens is 210 g/mol. The van der Waals surface area contributed by atoms with Gasteiger partial charge in [-0.3, -0.25) is 16.3 Å². The van der Waals surface area contributed by atoms with E-state index in [9.17, 15) is 0 Å². The van der Waals surface area contributed by atoms with Gasteiger partial charge in [0.2, 0.25) is 0 Å². The third-order valence-corrected chi connectivity index (χ3v) is 3.17. The Hall–Kier alpha value is -0.930. The number of aromatic nitrogens is 1. The smallest absolute Gasteiger partial charge is 0.0463 e. The molecule has 0 saturated carbocycles. The summed E-state index contributed by atoms with van der Waals surface area (Å²) in [7, 11) is 0. The number of pyridine rings is 1. The quantitative estimate of drug-likeness (QED) is 0.564. The van der Waals surface area contributed by atoms with Crippen LogP contribution in [0.2, 0.25) is 0 Å². The van der Waals surface area contributed by atoms with Crippen LogP contribution in [0.3, 0.4) is 0 Å². The van der Waals surface area contributed by atoms with Crippen molar-refractivity contribution in [3.05, 3.63) is 29.6 Å². The number of aryl methyl sites for hydroxylation is 1. The molecule has 0 radical (unpaired) electrons. The van der Waals surface area contributed by atoms with Crippen LogP contribution in [0, 0.1) is 5.92 Å². The predicted molar refractivity (Wildman–Crippen MR) is 72.4 cm³/mol. The fourth-order valence-electron chi connectivity index (χ4n) is 2.13. The van der Waals surface area contributed by atoms with E-state index in [2.05, 4.69) is 37.2 Å². The van der Waals surface area contributed by atoms with Gasteiger partial charge >= 0.3 is 0 Å². The van der Waals surface area contributed by atoms with Gasteiger partial charge in [0.15, 0.2) is 0 Å². The number of hydrogen-bond acceptors (Lipinski definition) is 3. The van der Waals surface area contributed by atoms with Gasteiger partial charge in [-0.2, -0.15) is 0 Å². The molecule has 3 heteroatoms. The molecule has 1 heterocycles. The van der Waals surface area contributed by atoms with Crippen LogP contribution in [-0.2, 0) is 6.42 Å². The highest BCUT2D eigenvalue weighted by Gasteiger charge is 2.12. The lowest BCUT2D eigenvalue weighted by atomic mass is 9.95. The van der Waals surface area contributed by atoms with Crippen molar-refractivity contribution in [1.29, 1.82) is 0 Å². The number of nitrogens with one attached hydrogen (secondary N) is 1. The molecule has 0 spiro atoms. The zero-order valence-electron chi connectivity index (χ0n) is 11.2. The largest absolute Gasteiger partial charge is 0.271 e. The summed E-state index contributed by atoms with van der Waals surface area (Å²) in [4.78, 5) is 4.17. The second kappa shape index (κ2) is 7.41. The summed E-state index contributed by atoms with van der Waals surface area (Å²) in [5, 5.41) is 0. The Balaban J connectivity index is 2.65. The molecule has 3 N–H and O–H groups in total. The van der Waals surface area contributed by atoms with Crippen molar-refractivity contribution in [3.63, 3.8) is 0 Å². The lowest BCUT2D eigenvalue weighted by Crippen LogP contribution is -2.28. The van der Waals surface area contributed by atoms with E-state index in [-0.39, 0.29) is 6.04 Å². The molecule has 0 aliphatic heterocycles. The summed E-state index contributed by atoms with van der Waals surface area (Å²) in [6, 6.07) is 2.34. The normalized spacial score (nSPS) is 13.0. The number of rotatable bonds is 7. The molecule has 0 aliphatic rings. The third-order valence-electron chi connectivity index (χ3n) is 3.17. The molecule has 0 aliphatic carbocycles. The molecule has 1 aromatic rings. The van der Waals surface area contributed by atoms with Crippen LogP contribution in [-0.4, -0.2) is 4.98 Å². The fraction of sp³-hybridized carbons (Fsp3) is 0.643. The second-order valence-electron chi connectivity index (χ2n) is 4.97. The monoisotopic (exact) mass is 235 g/mol. The molecule has 1 atom stereocenters. The number of nitrogens with zero attached hydrogens (tertiary/aromatic N) is 1. The first-order valence-corrected chi connectivity index (χ1v) is 6.57. The molecule has 0 fully saturated rings. The summed E-state index contributed by atoms with van der Waals surface area (Å²) < 4.78 is 0. The van der Waals surface area contributed by atoms with E-state index in [1.807, 2.05) is 12.4 Å². The Bertz CT molecular complexity index is 323. The van der Waals surface area contributed by atoms with E-state index in [1.165, 1.54) is 24.0 Å². The Morgan fingerprint density at radius 1 is 1.35 bits per heavy atom. The van der Waals surface area contributed by atoms with Gasteiger partial charge in [0.05, 0.1) is 0 Å². The molecular formula is C14H25N3. The minimum Gasteiger partial charge on any atom is -0.271 e. The van der Waals surface area contributed by atoms with Crippen molar-refractivity contribution in [1.82, 2.24) is 10.4 Å². The van der Waals surface area contributed by atoms with Crippen LogP contribution in [0.5, 0.6) is 0 Å².